The Morgan fingerprint density at radius 3 is 2.05 bits per heavy atom. The van der Waals surface area contributed by atoms with E-state index in [-0.39, 0.29) is 5.56 Å². The maximum Gasteiger partial charge on any atom is 0.338 e. The lowest BCUT2D eigenvalue weighted by molar-refractivity contribution is -0.119. The number of hydrogen-bond acceptors (Lipinski definition) is 6. The third kappa shape index (κ3) is 5.48. The molecule has 1 amide bonds. The van der Waals surface area contributed by atoms with E-state index in [1.807, 2.05) is 60.7 Å². The standard InChI is InChI=1S/C30H22ClN3O4/c1-37-26-15-13-22(31)17-25(26)32-27(35)18-38-30(36)21-12-14-23-24(16-21)34-29(20-10-6-3-7-11-20)28(33-23)19-8-4-2-5-9-19/h2-17H,18H2,1H3,(H,32,35). The van der Waals surface area contributed by atoms with E-state index < -0.39 is 18.5 Å². The van der Waals surface area contributed by atoms with Crippen molar-refractivity contribution in [2.75, 3.05) is 19.0 Å². The van der Waals surface area contributed by atoms with Gasteiger partial charge in [-0.15, -0.1) is 0 Å². The highest BCUT2D eigenvalue weighted by Crippen LogP contribution is 2.31. The quantitative estimate of drug-likeness (QED) is 0.247. The summed E-state index contributed by atoms with van der Waals surface area (Å²) in [6.45, 7) is -0.486. The highest BCUT2D eigenvalue weighted by molar-refractivity contribution is 6.31. The zero-order valence-electron chi connectivity index (χ0n) is 20.4. The van der Waals surface area contributed by atoms with E-state index in [1.54, 1.807) is 36.4 Å². The first-order valence-electron chi connectivity index (χ1n) is 11.7. The second-order valence-corrected chi connectivity index (χ2v) is 8.76. The average Bonchev–Trinajstić information content (AvgIpc) is 2.96. The molecule has 0 aliphatic heterocycles. The number of esters is 1. The minimum Gasteiger partial charge on any atom is -0.495 e. The lowest BCUT2D eigenvalue weighted by Gasteiger charge is -2.12. The van der Waals surface area contributed by atoms with Gasteiger partial charge in [-0.25, -0.2) is 14.8 Å². The number of amides is 1. The molecule has 0 atom stereocenters. The summed E-state index contributed by atoms with van der Waals surface area (Å²) in [5.41, 5.74) is 5.08. The Balaban J connectivity index is 1.39. The molecule has 188 valence electrons. The Kier molecular flexibility index (Phi) is 7.28. The summed E-state index contributed by atoms with van der Waals surface area (Å²) in [7, 11) is 1.48. The predicted molar refractivity (Wildman–Crippen MR) is 147 cm³/mol. The molecule has 1 aromatic heterocycles. The van der Waals surface area contributed by atoms with Crippen LogP contribution in [0.2, 0.25) is 5.02 Å². The average molecular weight is 524 g/mol. The van der Waals surface area contributed by atoms with Crippen LogP contribution in [0.15, 0.2) is 97.1 Å². The van der Waals surface area contributed by atoms with Gasteiger partial charge in [0.15, 0.2) is 6.61 Å². The molecule has 0 aliphatic rings. The normalized spacial score (nSPS) is 10.7. The summed E-state index contributed by atoms with van der Waals surface area (Å²) in [5.74, 6) is -0.750. The number of hydrogen-bond donors (Lipinski definition) is 1. The first kappa shape index (κ1) is 24.9. The molecular weight excluding hydrogens is 502 g/mol. The third-order valence-electron chi connectivity index (χ3n) is 5.76. The topological polar surface area (TPSA) is 90.4 Å². The second-order valence-electron chi connectivity index (χ2n) is 8.33. The molecule has 4 aromatic carbocycles. The SMILES string of the molecule is COc1ccc(Cl)cc1NC(=O)COC(=O)c1ccc2nc(-c3ccccc3)c(-c3ccccc3)nc2c1. The van der Waals surface area contributed by atoms with Crippen molar-refractivity contribution in [1.29, 1.82) is 0 Å². The Morgan fingerprint density at radius 1 is 0.789 bits per heavy atom. The van der Waals surface area contributed by atoms with Gasteiger partial charge in [0.2, 0.25) is 0 Å². The molecule has 0 saturated carbocycles. The summed E-state index contributed by atoms with van der Waals surface area (Å²) in [4.78, 5) is 34.9. The summed E-state index contributed by atoms with van der Waals surface area (Å²) in [6, 6.07) is 29.3. The molecule has 38 heavy (non-hydrogen) atoms. The van der Waals surface area contributed by atoms with Gasteiger partial charge in [0.25, 0.3) is 5.91 Å². The van der Waals surface area contributed by atoms with Crippen molar-refractivity contribution >= 4 is 40.2 Å². The fourth-order valence-corrected chi connectivity index (χ4v) is 4.13. The highest BCUT2D eigenvalue weighted by atomic mass is 35.5. The van der Waals surface area contributed by atoms with Crippen LogP contribution in [0.1, 0.15) is 10.4 Å². The van der Waals surface area contributed by atoms with Crippen LogP contribution in [0, 0.1) is 0 Å². The fourth-order valence-electron chi connectivity index (χ4n) is 3.95. The Bertz CT molecular complexity index is 1630. The number of carbonyl (C=O) groups is 2. The van der Waals surface area contributed by atoms with Crippen molar-refractivity contribution < 1.29 is 19.1 Å². The molecule has 8 heteroatoms. The number of aromatic nitrogens is 2. The van der Waals surface area contributed by atoms with Crippen molar-refractivity contribution in [3.63, 3.8) is 0 Å². The number of anilines is 1. The summed E-state index contributed by atoms with van der Waals surface area (Å²) >= 11 is 6.00. The first-order valence-corrected chi connectivity index (χ1v) is 12.1. The van der Waals surface area contributed by atoms with Crippen molar-refractivity contribution in [2.45, 2.75) is 0 Å². The molecule has 1 heterocycles. The summed E-state index contributed by atoms with van der Waals surface area (Å²) < 4.78 is 10.5. The second kappa shape index (κ2) is 11.1. The molecule has 7 nitrogen and oxygen atoms in total. The van der Waals surface area contributed by atoms with Crippen molar-refractivity contribution in [3.8, 4) is 28.3 Å². The Labute approximate surface area is 224 Å². The van der Waals surface area contributed by atoms with Crippen LogP contribution in [-0.2, 0) is 9.53 Å². The van der Waals surface area contributed by atoms with Crippen LogP contribution < -0.4 is 10.1 Å². The van der Waals surface area contributed by atoms with E-state index in [1.165, 1.54) is 7.11 Å². The first-order chi connectivity index (χ1) is 18.5. The molecule has 0 fully saturated rings. The molecule has 1 N–H and O–H groups in total. The van der Waals surface area contributed by atoms with Crippen molar-refractivity contribution in [1.82, 2.24) is 9.97 Å². The number of methoxy groups -OCH3 is 1. The number of carbonyl (C=O) groups excluding carboxylic acids is 2. The van der Waals surface area contributed by atoms with Crippen molar-refractivity contribution in [3.05, 3.63) is 108 Å². The molecule has 0 unspecified atom stereocenters. The molecule has 5 aromatic rings. The molecule has 0 spiro atoms. The Morgan fingerprint density at radius 2 is 1.42 bits per heavy atom. The number of ether oxygens (including phenoxy) is 2. The maximum atomic E-state index is 12.8. The molecule has 5 rings (SSSR count). The van der Waals surface area contributed by atoms with Gasteiger partial charge in [-0.2, -0.15) is 0 Å². The van der Waals surface area contributed by atoms with Crippen LogP contribution in [-0.4, -0.2) is 35.6 Å². The molecule has 0 aliphatic carbocycles. The van der Waals surface area contributed by atoms with Crippen LogP contribution in [0.3, 0.4) is 0 Å². The van der Waals surface area contributed by atoms with E-state index in [4.69, 9.17) is 31.0 Å². The van der Waals surface area contributed by atoms with E-state index in [0.717, 1.165) is 16.8 Å². The number of nitrogens with zero attached hydrogens (tertiary/aromatic N) is 2. The van der Waals surface area contributed by atoms with Gasteiger partial charge in [-0.3, -0.25) is 4.79 Å². The van der Waals surface area contributed by atoms with Gasteiger partial charge in [0.05, 0.1) is 40.8 Å². The van der Waals surface area contributed by atoms with Crippen LogP contribution in [0.5, 0.6) is 5.75 Å². The monoisotopic (exact) mass is 523 g/mol. The van der Waals surface area contributed by atoms with Crippen LogP contribution in [0.4, 0.5) is 5.69 Å². The van der Waals surface area contributed by atoms with Gasteiger partial charge in [-0.05, 0) is 36.4 Å². The number of fused-ring (bicyclic) bond motifs is 1. The third-order valence-corrected chi connectivity index (χ3v) is 6.00. The van der Waals surface area contributed by atoms with Gasteiger partial charge < -0.3 is 14.8 Å². The number of nitrogens with one attached hydrogen (secondary N) is 1. The van der Waals surface area contributed by atoms with Crippen molar-refractivity contribution in [2.24, 2.45) is 0 Å². The largest absolute Gasteiger partial charge is 0.495 e. The zero-order chi connectivity index (χ0) is 26.5. The van der Waals surface area contributed by atoms with E-state index >= 15 is 0 Å². The smallest absolute Gasteiger partial charge is 0.338 e. The maximum absolute atomic E-state index is 12.8. The van der Waals surface area contributed by atoms with Crippen LogP contribution in [0.25, 0.3) is 33.5 Å². The minimum atomic E-state index is -0.657. The lowest BCUT2D eigenvalue weighted by Crippen LogP contribution is -2.21. The van der Waals surface area contributed by atoms with Crippen LogP contribution >= 0.6 is 11.6 Å². The Hall–Kier alpha value is -4.75. The number of benzene rings is 4. The zero-order valence-corrected chi connectivity index (χ0v) is 21.1. The van der Waals surface area contributed by atoms with Gasteiger partial charge >= 0.3 is 5.97 Å². The lowest BCUT2D eigenvalue weighted by atomic mass is 10.0. The molecular formula is C30H22ClN3O4. The minimum absolute atomic E-state index is 0.256. The van der Waals surface area contributed by atoms with E-state index in [0.29, 0.717) is 33.2 Å². The summed E-state index contributed by atoms with van der Waals surface area (Å²) in [5, 5.41) is 3.07. The number of rotatable bonds is 7. The van der Waals surface area contributed by atoms with E-state index in [2.05, 4.69) is 5.32 Å². The van der Waals surface area contributed by atoms with Gasteiger partial charge in [0.1, 0.15) is 5.75 Å². The van der Waals surface area contributed by atoms with E-state index in [9.17, 15) is 9.59 Å². The molecule has 0 bridgehead atoms. The predicted octanol–water partition coefficient (Wildman–Crippen LogP) is 6.42. The fraction of sp³-hybridized carbons (Fsp3) is 0.0667. The molecule has 0 saturated heterocycles. The van der Waals surface area contributed by atoms with Gasteiger partial charge in [-0.1, -0.05) is 72.3 Å². The highest BCUT2D eigenvalue weighted by Gasteiger charge is 2.16. The molecule has 0 radical (unpaired) electrons. The van der Waals surface area contributed by atoms with Gasteiger partial charge in [0, 0.05) is 16.1 Å². The summed E-state index contributed by atoms with van der Waals surface area (Å²) in [6.07, 6.45) is 0. The number of halogens is 1.